The molecule has 4 rings (SSSR count). The molecule has 0 aliphatic carbocycles. The number of carbonyl (C=O) groups excluding carboxylic acids is 1. The molecule has 1 fully saturated rings. The zero-order valence-electron chi connectivity index (χ0n) is 17.7. The van der Waals surface area contributed by atoms with E-state index >= 15 is 0 Å². The molecule has 1 amide bonds. The summed E-state index contributed by atoms with van der Waals surface area (Å²) >= 11 is 0. The summed E-state index contributed by atoms with van der Waals surface area (Å²) in [7, 11) is 0. The molecular formula is C24H32N4O. The van der Waals surface area contributed by atoms with Gasteiger partial charge in [0.1, 0.15) is 0 Å². The normalized spacial score (nSPS) is 20.9. The quantitative estimate of drug-likeness (QED) is 0.769. The lowest BCUT2D eigenvalue weighted by Crippen LogP contribution is -2.38. The number of aromatic nitrogens is 2. The van der Waals surface area contributed by atoms with Gasteiger partial charge in [0.2, 0.25) is 5.91 Å². The van der Waals surface area contributed by atoms with E-state index in [-0.39, 0.29) is 11.9 Å². The summed E-state index contributed by atoms with van der Waals surface area (Å²) in [6.07, 6.45) is 7.34. The molecule has 0 N–H and O–H groups in total. The minimum atomic E-state index is 0.0521. The second kappa shape index (κ2) is 9.04. The van der Waals surface area contributed by atoms with Gasteiger partial charge >= 0.3 is 0 Å². The van der Waals surface area contributed by atoms with Crippen molar-refractivity contribution in [3.05, 3.63) is 59.2 Å². The van der Waals surface area contributed by atoms with Crippen molar-refractivity contribution in [2.24, 2.45) is 0 Å². The number of fused-ring (bicyclic) bond motifs is 1. The van der Waals surface area contributed by atoms with Gasteiger partial charge in [-0.25, -0.2) is 9.97 Å². The average Bonchev–Trinajstić information content (AvgIpc) is 2.77. The first-order valence-electron chi connectivity index (χ1n) is 11.0. The number of benzene rings is 1. The molecule has 5 nitrogen and oxygen atoms in total. The van der Waals surface area contributed by atoms with Crippen LogP contribution in [0.25, 0.3) is 0 Å². The molecule has 1 saturated heterocycles. The number of piperidine rings is 1. The highest BCUT2D eigenvalue weighted by atomic mass is 16.2. The van der Waals surface area contributed by atoms with Crippen LogP contribution in [0.4, 0.5) is 0 Å². The van der Waals surface area contributed by atoms with Crippen molar-refractivity contribution < 1.29 is 4.79 Å². The molecule has 2 atom stereocenters. The number of nitrogens with zero attached hydrogens (tertiary/aromatic N) is 4. The Balaban J connectivity index is 1.38. The lowest BCUT2D eigenvalue weighted by Gasteiger charge is -2.35. The van der Waals surface area contributed by atoms with Gasteiger partial charge in [-0.1, -0.05) is 37.3 Å². The molecule has 0 spiro atoms. The highest BCUT2D eigenvalue weighted by molar-refractivity contribution is 5.73. The molecule has 2 aliphatic heterocycles. The van der Waals surface area contributed by atoms with E-state index in [0.717, 1.165) is 64.1 Å². The van der Waals surface area contributed by atoms with Gasteiger partial charge in [0.05, 0.1) is 6.04 Å². The largest absolute Gasteiger partial charge is 0.333 e. The van der Waals surface area contributed by atoms with Crippen LogP contribution in [0.3, 0.4) is 0 Å². The predicted molar refractivity (Wildman–Crippen MR) is 114 cm³/mol. The zero-order chi connectivity index (χ0) is 20.2. The van der Waals surface area contributed by atoms with Crippen LogP contribution in [0.2, 0.25) is 0 Å². The van der Waals surface area contributed by atoms with E-state index in [4.69, 9.17) is 9.97 Å². The molecular weight excluding hydrogens is 360 g/mol. The van der Waals surface area contributed by atoms with E-state index in [1.165, 1.54) is 16.8 Å². The molecule has 0 bridgehead atoms. The van der Waals surface area contributed by atoms with Crippen molar-refractivity contribution in [2.75, 3.05) is 19.6 Å². The molecule has 3 heterocycles. The van der Waals surface area contributed by atoms with Crippen molar-refractivity contribution in [2.45, 2.75) is 64.5 Å². The summed E-state index contributed by atoms with van der Waals surface area (Å²) in [4.78, 5) is 26.1. The van der Waals surface area contributed by atoms with Crippen molar-refractivity contribution in [3.63, 3.8) is 0 Å². The molecule has 0 radical (unpaired) electrons. The summed E-state index contributed by atoms with van der Waals surface area (Å²) < 4.78 is 0. The van der Waals surface area contributed by atoms with Crippen molar-refractivity contribution in [1.82, 2.24) is 19.8 Å². The maximum atomic E-state index is 12.0. The van der Waals surface area contributed by atoms with Crippen LogP contribution in [0, 0.1) is 0 Å². The maximum absolute atomic E-state index is 12.0. The fourth-order valence-corrected chi connectivity index (χ4v) is 4.64. The SMILES string of the molecule is CC(=O)N1CCCC[C@@H]1c1ncc2c(n1)CCN(CC[C@H](C)c1ccccc1)C2. The highest BCUT2D eigenvalue weighted by Gasteiger charge is 2.29. The Morgan fingerprint density at radius 1 is 1.21 bits per heavy atom. The van der Waals surface area contributed by atoms with Crippen LogP contribution < -0.4 is 0 Å². The summed E-state index contributed by atoms with van der Waals surface area (Å²) in [5.41, 5.74) is 3.84. The Labute approximate surface area is 174 Å². The Hall–Kier alpha value is -2.27. The first kappa shape index (κ1) is 20.0. The second-order valence-corrected chi connectivity index (χ2v) is 8.55. The van der Waals surface area contributed by atoms with Crippen LogP contribution in [-0.4, -0.2) is 45.3 Å². The van der Waals surface area contributed by atoms with Crippen LogP contribution in [0.1, 0.15) is 74.1 Å². The van der Waals surface area contributed by atoms with E-state index in [1.54, 1.807) is 6.92 Å². The van der Waals surface area contributed by atoms with Crippen LogP contribution in [-0.2, 0) is 17.8 Å². The Morgan fingerprint density at radius 2 is 2.03 bits per heavy atom. The van der Waals surface area contributed by atoms with E-state index < -0.39 is 0 Å². The smallest absolute Gasteiger partial charge is 0.220 e. The first-order valence-corrected chi connectivity index (χ1v) is 11.0. The minimum Gasteiger partial charge on any atom is -0.333 e. The van der Waals surface area contributed by atoms with Crippen LogP contribution >= 0.6 is 0 Å². The number of hydrogen-bond acceptors (Lipinski definition) is 4. The van der Waals surface area contributed by atoms with Gasteiger partial charge in [0, 0.05) is 50.4 Å². The fraction of sp³-hybridized carbons (Fsp3) is 0.542. The molecule has 0 unspecified atom stereocenters. The molecule has 1 aromatic heterocycles. The summed E-state index contributed by atoms with van der Waals surface area (Å²) in [6.45, 7) is 7.87. The molecule has 2 aromatic rings. The van der Waals surface area contributed by atoms with E-state index in [1.807, 2.05) is 11.1 Å². The monoisotopic (exact) mass is 392 g/mol. The van der Waals surface area contributed by atoms with Gasteiger partial charge in [-0.3, -0.25) is 9.69 Å². The number of hydrogen-bond donors (Lipinski definition) is 0. The maximum Gasteiger partial charge on any atom is 0.220 e. The molecule has 2 aliphatic rings. The average molecular weight is 393 g/mol. The molecule has 0 saturated carbocycles. The van der Waals surface area contributed by atoms with Gasteiger partial charge in [-0.05, 0) is 43.7 Å². The Bertz CT molecular complexity index is 838. The first-order chi connectivity index (χ1) is 14.1. The third kappa shape index (κ3) is 4.67. The van der Waals surface area contributed by atoms with Crippen LogP contribution in [0.5, 0.6) is 0 Å². The number of rotatable bonds is 5. The molecule has 154 valence electrons. The summed E-state index contributed by atoms with van der Waals surface area (Å²) in [5, 5.41) is 0. The van der Waals surface area contributed by atoms with Gasteiger partial charge in [-0.15, -0.1) is 0 Å². The van der Waals surface area contributed by atoms with E-state index in [9.17, 15) is 4.79 Å². The van der Waals surface area contributed by atoms with E-state index in [2.05, 4.69) is 42.2 Å². The summed E-state index contributed by atoms with van der Waals surface area (Å²) in [5.74, 6) is 1.54. The highest BCUT2D eigenvalue weighted by Crippen LogP contribution is 2.30. The van der Waals surface area contributed by atoms with E-state index in [0.29, 0.717) is 5.92 Å². The van der Waals surface area contributed by atoms with Gasteiger partial charge in [-0.2, -0.15) is 0 Å². The third-order valence-electron chi connectivity index (χ3n) is 6.48. The number of amides is 1. The van der Waals surface area contributed by atoms with Crippen LogP contribution in [0.15, 0.2) is 36.5 Å². The molecule has 1 aromatic carbocycles. The van der Waals surface area contributed by atoms with Crippen molar-refractivity contribution in [3.8, 4) is 0 Å². The number of likely N-dealkylation sites (tertiary alicyclic amines) is 1. The zero-order valence-corrected chi connectivity index (χ0v) is 17.7. The second-order valence-electron chi connectivity index (χ2n) is 8.55. The molecule has 29 heavy (non-hydrogen) atoms. The Kier molecular flexibility index (Phi) is 6.24. The predicted octanol–water partition coefficient (Wildman–Crippen LogP) is 4.10. The Morgan fingerprint density at radius 3 is 2.83 bits per heavy atom. The lowest BCUT2D eigenvalue weighted by molar-refractivity contribution is -0.132. The standard InChI is InChI=1S/C24H32N4O/c1-18(20-8-4-3-5-9-20)11-14-27-15-12-22-21(17-27)16-25-24(26-22)23-10-6-7-13-28(23)19(2)29/h3-5,8-9,16,18,23H,6-7,10-15,17H2,1-2H3/t18-,23+/m0/s1. The lowest BCUT2D eigenvalue weighted by atomic mass is 9.97. The van der Waals surface area contributed by atoms with Gasteiger partial charge < -0.3 is 4.90 Å². The van der Waals surface area contributed by atoms with Gasteiger partial charge in [0.25, 0.3) is 0 Å². The minimum absolute atomic E-state index is 0.0521. The van der Waals surface area contributed by atoms with Crippen molar-refractivity contribution in [1.29, 1.82) is 0 Å². The van der Waals surface area contributed by atoms with Crippen molar-refractivity contribution >= 4 is 5.91 Å². The third-order valence-corrected chi connectivity index (χ3v) is 6.48. The molecule has 5 heteroatoms. The fourth-order valence-electron chi connectivity index (χ4n) is 4.64. The van der Waals surface area contributed by atoms with Gasteiger partial charge in [0.15, 0.2) is 5.82 Å². The number of carbonyl (C=O) groups is 1. The summed E-state index contributed by atoms with van der Waals surface area (Å²) in [6, 6.07) is 10.8. The topological polar surface area (TPSA) is 49.3 Å².